The summed E-state index contributed by atoms with van der Waals surface area (Å²) in [5, 5.41) is 17.2. The molecule has 0 spiro atoms. The smallest absolute Gasteiger partial charge is 0.416 e. The Kier molecular flexibility index (Phi) is 5.93. The molecule has 1 fully saturated rings. The summed E-state index contributed by atoms with van der Waals surface area (Å²) in [6.45, 7) is 0.446. The summed E-state index contributed by atoms with van der Waals surface area (Å²) in [4.78, 5) is 5.51. The van der Waals surface area contributed by atoms with Gasteiger partial charge >= 0.3 is 12.4 Å². The second-order valence-corrected chi connectivity index (χ2v) is 8.09. The number of halogens is 6. The third kappa shape index (κ3) is 4.33. The molecule has 0 saturated carbocycles. The van der Waals surface area contributed by atoms with Crippen LogP contribution in [0.2, 0.25) is 0 Å². The lowest BCUT2D eigenvalue weighted by Crippen LogP contribution is -2.47. The molecule has 2 aromatic rings. The SMILES string of the molecule is Nc1cc(C(F)(F)F)c2nc1-c1nnc(o1)C(O)(C(F)(F)F)CCCCC[C@@H]1COCCN21. The lowest BCUT2D eigenvalue weighted by atomic mass is 9.94. The number of ether oxygens (including phenoxy) is 1. The predicted molar refractivity (Wildman–Crippen MR) is 102 cm³/mol. The average Bonchev–Trinajstić information content (AvgIpc) is 3.22. The van der Waals surface area contributed by atoms with E-state index >= 15 is 0 Å². The number of morpholine rings is 1. The summed E-state index contributed by atoms with van der Waals surface area (Å²) in [5.74, 6) is -2.18. The number of hydrogen-bond acceptors (Lipinski definition) is 8. The Labute approximate surface area is 183 Å². The normalized spacial score (nSPS) is 24.8. The van der Waals surface area contributed by atoms with E-state index in [0.717, 1.165) is 0 Å². The predicted octanol–water partition coefficient (Wildman–Crippen LogP) is 3.65. The molecule has 4 rings (SSSR count). The van der Waals surface area contributed by atoms with Crippen molar-refractivity contribution < 1.29 is 40.6 Å². The molecule has 2 aliphatic rings. The number of aromatic nitrogens is 3. The van der Waals surface area contributed by atoms with Crippen molar-refractivity contribution in [2.75, 3.05) is 30.4 Å². The first-order valence-electron chi connectivity index (χ1n) is 10.3. The number of nitrogen functional groups attached to an aromatic ring is 1. The van der Waals surface area contributed by atoms with Crippen molar-refractivity contribution in [3.8, 4) is 11.6 Å². The summed E-state index contributed by atoms with van der Waals surface area (Å²) >= 11 is 0. The Morgan fingerprint density at radius 2 is 1.88 bits per heavy atom. The molecule has 0 radical (unpaired) electrons. The quantitative estimate of drug-likeness (QED) is 0.549. The molecule has 14 heteroatoms. The maximum Gasteiger partial charge on any atom is 0.426 e. The van der Waals surface area contributed by atoms with E-state index in [0.29, 0.717) is 18.9 Å². The maximum absolute atomic E-state index is 13.8. The van der Waals surface area contributed by atoms with Gasteiger partial charge in [-0.3, -0.25) is 0 Å². The number of anilines is 2. The van der Waals surface area contributed by atoms with E-state index in [2.05, 4.69) is 15.2 Å². The number of aliphatic hydroxyl groups is 1. The summed E-state index contributed by atoms with van der Waals surface area (Å²) < 4.78 is 93.1. The summed E-state index contributed by atoms with van der Waals surface area (Å²) in [6, 6.07) is 0.169. The number of pyridine rings is 1. The van der Waals surface area contributed by atoms with E-state index in [1.54, 1.807) is 0 Å². The van der Waals surface area contributed by atoms with Crippen LogP contribution >= 0.6 is 0 Å². The molecule has 182 valence electrons. The van der Waals surface area contributed by atoms with Crippen LogP contribution in [0.3, 0.4) is 0 Å². The molecule has 1 saturated heterocycles. The zero-order valence-corrected chi connectivity index (χ0v) is 17.2. The van der Waals surface area contributed by atoms with Gasteiger partial charge < -0.3 is 24.9 Å². The van der Waals surface area contributed by atoms with Crippen molar-refractivity contribution >= 4 is 11.5 Å². The van der Waals surface area contributed by atoms with Crippen molar-refractivity contribution in [2.24, 2.45) is 0 Å². The van der Waals surface area contributed by atoms with Crippen LogP contribution in [0.5, 0.6) is 0 Å². The summed E-state index contributed by atoms with van der Waals surface area (Å²) in [7, 11) is 0. The van der Waals surface area contributed by atoms with Crippen molar-refractivity contribution in [3.63, 3.8) is 0 Å². The Morgan fingerprint density at radius 1 is 1.12 bits per heavy atom. The molecule has 33 heavy (non-hydrogen) atoms. The molecular formula is C19H21F6N5O3. The van der Waals surface area contributed by atoms with Crippen LogP contribution in [0.4, 0.5) is 37.8 Å². The summed E-state index contributed by atoms with van der Waals surface area (Å²) in [6.07, 6.45) is -9.61. The van der Waals surface area contributed by atoms with Gasteiger partial charge in [0.05, 0.1) is 24.9 Å². The zero-order chi connectivity index (χ0) is 24.0. The first kappa shape index (κ1) is 23.5. The Hall–Kier alpha value is -2.61. The fraction of sp³-hybridized carbons (Fsp3) is 0.632. The minimum Gasteiger partial charge on any atom is -0.416 e. The molecule has 2 aromatic heterocycles. The molecular weight excluding hydrogens is 460 g/mol. The third-order valence-corrected chi connectivity index (χ3v) is 5.86. The second kappa shape index (κ2) is 8.31. The lowest BCUT2D eigenvalue weighted by molar-refractivity contribution is -0.277. The van der Waals surface area contributed by atoms with Crippen LogP contribution in [0.1, 0.15) is 43.6 Å². The van der Waals surface area contributed by atoms with E-state index in [9.17, 15) is 31.4 Å². The Balaban J connectivity index is 1.90. The lowest BCUT2D eigenvalue weighted by Gasteiger charge is -2.38. The van der Waals surface area contributed by atoms with Crippen molar-refractivity contribution in [3.05, 3.63) is 17.5 Å². The molecule has 2 aliphatic heterocycles. The maximum atomic E-state index is 13.8. The third-order valence-electron chi connectivity index (χ3n) is 5.86. The molecule has 0 aliphatic carbocycles. The van der Waals surface area contributed by atoms with Crippen molar-refractivity contribution in [2.45, 2.75) is 56.1 Å². The number of rotatable bonds is 0. The van der Waals surface area contributed by atoms with Crippen LogP contribution in [0.15, 0.2) is 10.5 Å². The van der Waals surface area contributed by atoms with Crippen LogP contribution in [0.25, 0.3) is 11.6 Å². The van der Waals surface area contributed by atoms with Gasteiger partial charge in [-0.1, -0.05) is 12.8 Å². The van der Waals surface area contributed by atoms with Crippen LogP contribution < -0.4 is 10.6 Å². The van der Waals surface area contributed by atoms with E-state index < -0.39 is 65.0 Å². The Morgan fingerprint density at radius 3 is 2.58 bits per heavy atom. The monoisotopic (exact) mass is 481 g/mol. The number of fused-ring (bicyclic) bond motifs is 7. The van der Waals surface area contributed by atoms with E-state index in [4.69, 9.17) is 14.9 Å². The van der Waals surface area contributed by atoms with Gasteiger partial charge in [-0.2, -0.15) is 26.3 Å². The number of alkyl halides is 6. The minimum atomic E-state index is -5.12. The van der Waals surface area contributed by atoms with Crippen molar-refractivity contribution in [1.82, 2.24) is 15.2 Å². The van der Waals surface area contributed by atoms with Crippen LogP contribution in [-0.2, 0) is 16.5 Å². The standard InChI is InChI=1S/C19H21F6N5O3/c20-18(21,22)11-8-12(26)13-15-28-29-16(33-15)17(31,19(23,24)25)5-3-1-2-4-10-9-32-7-6-30(10)14(11)27-13/h8,10,31H,1-7,9,26H2/t10-,17?/m1/s1. The zero-order valence-electron chi connectivity index (χ0n) is 17.2. The molecule has 0 aromatic carbocycles. The first-order chi connectivity index (χ1) is 15.4. The number of nitrogens with two attached hydrogens (primary N) is 1. The molecule has 4 heterocycles. The molecule has 3 N–H and O–H groups in total. The van der Waals surface area contributed by atoms with E-state index in [1.807, 2.05) is 0 Å². The largest absolute Gasteiger partial charge is 0.426 e. The van der Waals surface area contributed by atoms with Gasteiger partial charge in [-0.15, -0.1) is 10.2 Å². The Bertz CT molecular complexity index is 1010. The molecule has 0 amide bonds. The molecule has 4 bridgehead atoms. The summed E-state index contributed by atoms with van der Waals surface area (Å²) in [5.41, 5.74) is 0.367. The van der Waals surface area contributed by atoms with Gasteiger partial charge in [0.2, 0.25) is 5.60 Å². The average molecular weight is 481 g/mol. The van der Waals surface area contributed by atoms with Gasteiger partial charge in [0.15, 0.2) is 5.69 Å². The van der Waals surface area contributed by atoms with Gasteiger partial charge in [-0.25, -0.2) is 4.98 Å². The van der Waals surface area contributed by atoms with Crippen molar-refractivity contribution in [1.29, 1.82) is 0 Å². The number of hydrogen-bond donors (Lipinski definition) is 2. The fourth-order valence-electron chi connectivity index (χ4n) is 4.08. The van der Waals surface area contributed by atoms with E-state index in [-0.39, 0.29) is 32.6 Å². The molecule has 2 atom stereocenters. The van der Waals surface area contributed by atoms with Gasteiger partial charge in [0.1, 0.15) is 11.4 Å². The first-order valence-corrected chi connectivity index (χ1v) is 10.3. The minimum absolute atomic E-state index is 0.0270. The fourth-order valence-corrected chi connectivity index (χ4v) is 4.08. The highest BCUT2D eigenvalue weighted by Crippen LogP contribution is 2.45. The molecule has 8 nitrogen and oxygen atoms in total. The van der Waals surface area contributed by atoms with Crippen LogP contribution in [0, 0.1) is 0 Å². The highest BCUT2D eigenvalue weighted by atomic mass is 19.4. The molecule has 1 unspecified atom stereocenters. The van der Waals surface area contributed by atoms with Gasteiger partial charge in [0, 0.05) is 6.54 Å². The highest BCUT2D eigenvalue weighted by molar-refractivity contribution is 5.71. The van der Waals surface area contributed by atoms with Gasteiger partial charge in [0.25, 0.3) is 11.8 Å². The second-order valence-electron chi connectivity index (χ2n) is 8.09. The van der Waals surface area contributed by atoms with E-state index in [1.165, 1.54) is 4.90 Å². The number of nitrogens with zero attached hydrogens (tertiary/aromatic N) is 4. The van der Waals surface area contributed by atoms with Crippen LogP contribution in [-0.4, -0.2) is 52.3 Å². The topological polar surface area (TPSA) is 111 Å². The van der Waals surface area contributed by atoms with Gasteiger partial charge in [-0.05, 0) is 25.3 Å². The highest BCUT2D eigenvalue weighted by Gasteiger charge is 2.58.